The van der Waals surface area contributed by atoms with Gasteiger partial charge in [0, 0.05) is 19.3 Å². The molecule has 0 aliphatic rings. The zero-order valence-electron chi connectivity index (χ0n) is 13.4. The fourth-order valence-corrected chi connectivity index (χ4v) is 2.02. The lowest BCUT2D eigenvalue weighted by atomic mass is 10.1. The van der Waals surface area contributed by atoms with Crippen LogP contribution in [0.5, 0.6) is 11.5 Å². The smallest absolute Gasteiger partial charge is 0.335 e. The molecule has 0 fully saturated rings. The molecule has 0 spiro atoms. The monoisotopic (exact) mass is 330 g/mol. The van der Waals surface area contributed by atoms with Crippen LogP contribution in [0, 0.1) is 5.82 Å². The van der Waals surface area contributed by atoms with Crippen molar-refractivity contribution in [2.75, 3.05) is 13.9 Å². The molecule has 0 aliphatic carbocycles. The molecule has 126 valence electrons. The third-order valence-corrected chi connectivity index (χ3v) is 3.15. The van der Waals surface area contributed by atoms with E-state index in [4.69, 9.17) is 14.2 Å². The van der Waals surface area contributed by atoms with E-state index in [-0.39, 0.29) is 18.3 Å². The number of carbonyl (C=O) groups excluding carboxylic acids is 1. The van der Waals surface area contributed by atoms with Gasteiger partial charge in [-0.2, -0.15) is 0 Å². The number of methoxy groups -OCH3 is 1. The maximum atomic E-state index is 13.3. The van der Waals surface area contributed by atoms with Gasteiger partial charge in [-0.3, -0.25) is 0 Å². The Morgan fingerprint density at radius 2 is 1.92 bits per heavy atom. The summed E-state index contributed by atoms with van der Waals surface area (Å²) in [6.45, 7) is -0.0247. The van der Waals surface area contributed by atoms with Crippen LogP contribution in [0.15, 0.2) is 60.7 Å². The molecule has 0 heterocycles. The van der Waals surface area contributed by atoms with Crippen molar-refractivity contribution in [1.82, 2.24) is 0 Å². The highest BCUT2D eigenvalue weighted by Crippen LogP contribution is 2.28. The van der Waals surface area contributed by atoms with Gasteiger partial charge >= 0.3 is 5.97 Å². The molecule has 2 aromatic carbocycles. The molecular formula is C19H19FO4. The minimum atomic E-state index is -0.587. The molecule has 24 heavy (non-hydrogen) atoms. The van der Waals surface area contributed by atoms with Gasteiger partial charge in [0.05, 0.1) is 0 Å². The van der Waals surface area contributed by atoms with Crippen molar-refractivity contribution in [3.63, 3.8) is 0 Å². The molecule has 0 amide bonds. The van der Waals surface area contributed by atoms with Crippen molar-refractivity contribution in [3.05, 3.63) is 72.1 Å². The number of halogens is 1. The zero-order valence-corrected chi connectivity index (χ0v) is 13.4. The van der Waals surface area contributed by atoms with Crippen LogP contribution in [0.3, 0.4) is 0 Å². The molecule has 5 heteroatoms. The second-order valence-electron chi connectivity index (χ2n) is 4.99. The quantitative estimate of drug-likeness (QED) is 0.319. The Kier molecular flexibility index (Phi) is 6.98. The van der Waals surface area contributed by atoms with E-state index in [1.807, 2.05) is 30.3 Å². The second-order valence-corrected chi connectivity index (χ2v) is 4.99. The Labute approximate surface area is 140 Å². The number of ether oxygens (including phenoxy) is 3. The highest BCUT2D eigenvalue weighted by atomic mass is 19.1. The lowest BCUT2D eigenvalue weighted by Crippen LogP contribution is -2.07. The second kappa shape index (κ2) is 9.47. The summed E-state index contributed by atoms with van der Waals surface area (Å²) in [6.07, 6.45) is 4.58. The topological polar surface area (TPSA) is 44.8 Å². The molecule has 0 atom stereocenters. The minimum Gasteiger partial charge on any atom is -0.464 e. The van der Waals surface area contributed by atoms with Gasteiger partial charge in [-0.15, -0.1) is 0 Å². The number of rotatable bonds is 8. The van der Waals surface area contributed by atoms with Crippen molar-refractivity contribution in [1.29, 1.82) is 0 Å². The summed E-state index contributed by atoms with van der Waals surface area (Å²) in [7, 11) is 1.46. The molecule has 4 nitrogen and oxygen atoms in total. The van der Waals surface area contributed by atoms with Crippen molar-refractivity contribution in [2.24, 2.45) is 0 Å². The predicted octanol–water partition coefficient (Wildman–Crippen LogP) is 3.90. The number of esters is 1. The van der Waals surface area contributed by atoms with E-state index in [0.717, 1.165) is 12.5 Å². The molecule has 0 saturated carbocycles. The first kappa shape index (κ1) is 17.7. The van der Waals surface area contributed by atoms with E-state index in [1.165, 1.54) is 30.9 Å². The number of hydrogen-bond donors (Lipinski definition) is 0. The first-order valence-corrected chi connectivity index (χ1v) is 7.52. The van der Waals surface area contributed by atoms with Crippen molar-refractivity contribution >= 4 is 5.97 Å². The maximum absolute atomic E-state index is 13.3. The van der Waals surface area contributed by atoms with Crippen molar-refractivity contribution in [3.8, 4) is 11.5 Å². The van der Waals surface area contributed by atoms with E-state index in [0.29, 0.717) is 6.42 Å². The highest BCUT2D eigenvalue weighted by Gasteiger charge is 2.10. The lowest BCUT2D eigenvalue weighted by Gasteiger charge is -2.10. The molecular weight excluding hydrogens is 311 g/mol. The van der Waals surface area contributed by atoms with Crippen LogP contribution in [0.2, 0.25) is 0 Å². The molecule has 0 aromatic heterocycles. The van der Waals surface area contributed by atoms with Gasteiger partial charge in [-0.1, -0.05) is 36.4 Å². The molecule has 2 rings (SSSR count). The van der Waals surface area contributed by atoms with Crippen molar-refractivity contribution in [2.45, 2.75) is 12.8 Å². The predicted molar refractivity (Wildman–Crippen MR) is 88.4 cm³/mol. The first-order valence-electron chi connectivity index (χ1n) is 7.52. The SMILES string of the molecule is COCOc1ccc(F)cc1OC(=O)C=CCCc1ccccc1. The average Bonchev–Trinajstić information content (AvgIpc) is 2.59. The van der Waals surface area contributed by atoms with Gasteiger partial charge in [-0.05, 0) is 30.5 Å². The van der Waals surface area contributed by atoms with Crippen molar-refractivity contribution < 1.29 is 23.4 Å². The van der Waals surface area contributed by atoms with Gasteiger partial charge in [-0.25, -0.2) is 9.18 Å². The first-order chi connectivity index (χ1) is 11.7. The fourth-order valence-electron chi connectivity index (χ4n) is 2.02. The van der Waals surface area contributed by atoms with Crippen LogP contribution < -0.4 is 9.47 Å². The van der Waals surface area contributed by atoms with Crippen LogP contribution in [0.4, 0.5) is 4.39 Å². The largest absolute Gasteiger partial charge is 0.464 e. The summed E-state index contributed by atoms with van der Waals surface area (Å²) in [5, 5.41) is 0. The van der Waals surface area contributed by atoms with Gasteiger partial charge in [0.15, 0.2) is 18.3 Å². The Morgan fingerprint density at radius 3 is 2.67 bits per heavy atom. The minimum absolute atomic E-state index is 0.0183. The number of hydrogen-bond acceptors (Lipinski definition) is 4. The molecule has 2 aromatic rings. The van der Waals surface area contributed by atoms with E-state index < -0.39 is 11.8 Å². The zero-order chi connectivity index (χ0) is 17.2. The van der Waals surface area contributed by atoms with E-state index >= 15 is 0 Å². The molecule has 0 aliphatic heterocycles. The van der Waals surface area contributed by atoms with Crippen LogP contribution in [0.25, 0.3) is 0 Å². The summed E-state index contributed by atoms with van der Waals surface area (Å²) < 4.78 is 28.5. The summed E-state index contributed by atoms with van der Waals surface area (Å²) >= 11 is 0. The van der Waals surface area contributed by atoms with Gasteiger partial charge in [0.25, 0.3) is 0 Å². The third kappa shape index (κ3) is 5.85. The Bertz CT molecular complexity index is 683. The molecule has 0 saturated heterocycles. The third-order valence-electron chi connectivity index (χ3n) is 3.15. The Hall–Kier alpha value is -2.66. The van der Waals surface area contributed by atoms with Gasteiger partial charge in [0.2, 0.25) is 0 Å². The summed E-state index contributed by atoms with van der Waals surface area (Å²) in [4.78, 5) is 11.8. The lowest BCUT2D eigenvalue weighted by molar-refractivity contribution is -0.129. The summed E-state index contributed by atoms with van der Waals surface area (Å²) in [5.41, 5.74) is 1.19. The number of benzene rings is 2. The Morgan fingerprint density at radius 1 is 1.12 bits per heavy atom. The number of aryl methyl sites for hydroxylation is 1. The van der Waals surface area contributed by atoms with Crippen LogP contribution >= 0.6 is 0 Å². The average molecular weight is 330 g/mol. The molecule has 0 radical (unpaired) electrons. The molecule has 0 N–H and O–H groups in total. The fraction of sp³-hybridized carbons (Fsp3) is 0.211. The number of carbonyl (C=O) groups is 1. The van der Waals surface area contributed by atoms with Crippen LogP contribution in [-0.2, 0) is 16.0 Å². The molecule has 0 bridgehead atoms. The number of allylic oxidation sites excluding steroid dienone is 1. The van der Waals surface area contributed by atoms with Gasteiger partial charge in [0.1, 0.15) is 5.82 Å². The van der Waals surface area contributed by atoms with Crippen LogP contribution in [-0.4, -0.2) is 19.9 Å². The van der Waals surface area contributed by atoms with E-state index in [9.17, 15) is 9.18 Å². The normalized spacial score (nSPS) is 10.8. The van der Waals surface area contributed by atoms with Gasteiger partial charge < -0.3 is 14.2 Å². The maximum Gasteiger partial charge on any atom is 0.335 e. The Balaban J connectivity index is 1.89. The molecule has 0 unspecified atom stereocenters. The standard InChI is InChI=1S/C19H19FO4/c1-22-14-23-17-12-11-16(20)13-18(17)24-19(21)10-6-5-9-15-7-3-2-4-8-15/h2-4,6-8,10-13H,5,9,14H2,1H3. The van der Waals surface area contributed by atoms with Crippen LogP contribution in [0.1, 0.15) is 12.0 Å². The summed E-state index contributed by atoms with van der Waals surface area (Å²) in [6, 6.07) is 13.7. The van der Waals surface area contributed by atoms with E-state index in [2.05, 4.69) is 0 Å². The highest BCUT2D eigenvalue weighted by molar-refractivity contribution is 5.84. The van der Waals surface area contributed by atoms with E-state index in [1.54, 1.807) is 6.08 Å². The summed E-state index contributed by atoms with van der Waals surface area (Å²) in [5.74, 6) is -0.847.